The Kier molecular flexibility index (Phi) is 3.19. The molecule has 4 heteroatoms. The number of pyridine rings is 1. The van der Waals surface area contributed by atoms with E-state index in [4.69, 9.17) is 0 Å². The largest absolute Gasteiger partial charge is 0.380 e. The fourth-order valence-corrected chi connectivity index (χ4v) is 1.42. The molecule has 4 nitrogen and oxygen atoms in total. The quantitative estimate of drug-likeness (QED) is 0.853. The van der Waals surface area contributed by atoms with Crippen molar-refractivity contribution in [2.75, 3.05) is 5.32 Å². The summed E-state index contributed by atoms with van der Waals surface area (Å²) in [5, 5.41) is 7.68. The van der Waals surface area contributed by atoms with Crippen LogP contribution >= 0.6 is 0 Å². The molecule has 0 aliphatic rings. The van der Waals surface area contributed by atoms with E-state index < -0.39 is 0 Å². The van der Waals surface area contributed by atoms with Crippen molar-refractivity contribution in [3.05, 3.63) is 36.9 Å². The van der Waals surface area contributed by atoms with Crippen molar-refractivity contribution in [3.8, 4) is 5.69 Å². The average Bonchev–Trinajstić information content (AvgIpc) is 2.78. The molecule has 0 amide bonds. The van der Waals surface area contributed by atoms with E-state index in [9.17, 15) is 0 Å². The van der Waals surface area contributed by atoms with E-state index in [0.29, 0.717) is 6.04 Å². The Hall–Kier alpha value is -1.84. The SMILES string of the molecule is CCC(C)Nc1cnn(-c2ccncc2)c1. The lowest BCUT2D eigenvalue weighted by atomic mass is 10.2. The first-order valence-corrected chi connectivity index (χ1v) is 5.51. The summed E-state index contributed by atoms with van der Waals surface area (Å²) in [4.78, 5) is 3.98. The number of nitrogens with zero attached hydrogens (tertiary/aromatic N) is 3. The summed E-state index contributed by atoms with van der Waals surface area (Å²) in [6, 6.07) is 4.33. The van der Waals surface area contributed by atoms with Gasteiger partial charge in [-0.3, -0.25) is 4.98 Å². The fourth-order valence-electron chi connectivity index (χ4n) is 1.42. The Balaban J connectivity index is 2.14. The van der Waals surface area contributed by atoms with Crippen molar-refractivity contribution in [1.29, 1.82) is 0 Å². The first-order chi connectivity index (χ1) is 7.79. The van der Waals surface area contributed by atoms with E-state index in [0.717, 1.165) is 17.8 Å². The van der Waals surface area contributed by atoms with Crippen molar-refractivity contribution in [2.45, 2.75) is 26.3 Å². The maximum absolute atomic E-state index is 4.30. The van der Waals surface area contributed by atoms with Gasteiger partial charge < -0.3 is 5.32 Å². The number of nitrogens with one attached hydrogen (secondary N) is 1. The van der Waals surface area contributed by atoms with Crippen LogP contribution in [0.4, 0.5) is 5.69 Å². The molecule has 16 heavy (non-hydrogen) atoms. The van der Waals surface area contributed by atoms with Gasteiger partial charge in [0, 0.05) is 18.4 Å². The molecule has 0 bridgehead atoms. The van der Waals surface area contributed by atoms with Gasteiger partial charge in [-0.2, -0.15) is 5.10 Å². The topological polar surface area (TPSA) is 42.7 Å². The molecular weight excluding hydrogens is 200 g/mol. The van der Waals surface area contributed by atoms with Gasteiger partial charge in [0.1, 0.15) is 0 Å². The first kappa shape index (κ1) is 10.7. The van der Waals surface area contributed by atoms with Gasteiger partial charge in [0.2, 0.25) is 0 Å². The third-order valence-electron chi connectivity index (χ3n) is 2.54. The maximum Gasteiger partial charge on any atom is 0.0733 e. The van der Waals surface area contributed by atoms with Crippen molar-refractivity contribution in [2.24, 2.45) is 0 Å². The minimum Gasteiger partial charge on any atom is -0.380 e. The summed E-state index contributed by atoms with van der Waals surface area (Å²) in [6.45, 7) is 4.31. The Labute approximate surface area is 95.3 Å². The average molecular weight is 216 g/mol. The highest BCUT2D eigenvalue weighted by atomic mass is 15.3. The highest BCUT2D eigenvalue weighted by molar-refractivity contribution is 5.42. The Morgan fingerprint density at radius 1 is 1.38 bits per heavy atom. The first-order valence-electron chi connectivity index (χ1n) is 5.51. The van der Waals surface area contributed by atoms with E-state index >= 15 is 0 Å². The summed E-state index contributed by atoms with van der Waals surface area (Å²) in [6.07, 6.45) is 8.45. The predicted octanol–water partition coefficient (Wildman–Crippen LogP) is 2.48. The monoisotopic (exact) mass is 216 g/mol. The molecule has 0 saturated heterocycles. The van der Waals surface area contributed by atoms with Crippen LogP contribution < -0.4 is 5.32 Å². The molecule has 2 rings (SSSR count). The highest BCUT2D eigenvalue weighted by Crippen LogP contribution is 2.12. The molecule has 2 aromatic rings. The second-order valence-corrected chi connectivity index (χ2v) is 3.83. The van der Waals surface area contributed by atoms with Crippen LogP contribution in [0, 0.1) is 0 Å². The minimum absolute atomic E-state index is 0.468. The van der Waals surface area contributed by atoms with Gasteiger partial charge in [-0.05, 0) is 25.5 Å². The molecule has 0 fully saturated rings. The highest BCUT2D eigenvalue weighted by Gasteiger charge is 2.02. The third kappa shape index (κ3) is 2.39. The molecule has 1 unspecified atom stereocenters. The van der Waals surface area contributed by atoms with Gasteiger partial charge >= 0.3 is 0 Å². The van der Waals surface area contributed by atoms with E-state index in [-0.39, 0.29) is 0 Å². The zero-order chi connectivity index (χ0) is 11.4. The Morgan fingerprint density at radius 2 is 2.12 bits per heavy atom. The number of aromatic nitrogens is 3. The molecule has 0 radical (unpaired) electrons. The van der Waals surface area contributed by atoms with Crippen LogP contribution in [0.25, 0.3) is 5.69 Å². The van der Waals surface area contributed by atoms with Crippen molar-refractivity contribution in [3.63, 3.8) is 0 Å². The smallest absolute Gasteiger partial charge is 0.0733 e. The van der Waals surface area contributed by atoms with Crippen molar-refractivity contribution in [1.82, 2.24) is 14.8 Å². The summed E-state index contributed by atoms with van der Waals surface area (Å²) in [5.41, 5.74) is 2.07. The van der Waals surface area contributed by atoms with Gasteiger partial charge in [-0.25, -0.2) is 4.68 Å². The third-order valence-corrected chi connectivity index (χ3v) is 2.54. The van der Waals surface area contributed by atoms with E-state index in [1.807, 2.05) is 29.2 Å². The van der Waals surface area contributed by atoms with Crippen LogP contribution in [0.15, 0.2) is 36.9 Å². The molecule has 0 spiro atoms. The van der Waals surface area contributed by atoms with Crippen LogP contribution in [0.5, 0.6) is 0 Å². The predicted molar refractivity (Wildman–Crippen MR) is 64.7 cm³/mol. The molecule has 0 saturated carbocycles. The van der Waals surface area contributed by atoms with Crippen LogP contribution in [0.1, 0.15) is 20.3 Å². The summed E-state index contributed by atoms with van der Waals surface area (Å²) in [7, 11) is 0. The van der Waals surface area contributed by atoms with Gasteiger partial charge in [-0.1, -0.05) is 6.92 Å². The number of rotatable bonds is 4. The van der Waals surface area contributed by atoms with E-state index in [1.165, 1.54) is 0 Å². The van der Waals surface area contributed by atoms with Gasteiger partial charge in [0.15, 0.2) is 0 Å². The normalized spacial score (nSPS) is 12.4. The standard InChI is InChI=1S/C12H16N4/c1-3-10(2)15-11-8-14-16(9-11)12-4-6-13-7-5-12/h4-10,15H,3H2,1-2H3. The maximum atomic E-state index is 4.30. The molecule has 1 atom stereocenters. The molecule has 0 aromatic carbocycles. The summed E-state index contributed by atoms with van der Waals surface area (Å²) < 4.78 is 1.84. The number of anilines is 1. The van der Waals surface area contributed by atoms with Crippen LogP contribution in [0.2, 0.25) is 0 Å². The molecule has 1 N–H and O–H groups in total. The second kappa shape index (κ2) is 4.79. The Bertz CT molecular complexity index is 435. The molecule has 0 aliphatic heterocycles. The zero-order valence-electron chi connectivity index (χ0n) is 9.59. The van der Waals surface area contributed by atoms with Gasteiger partial charge in [-0.15, -0.1) is 0 Å². The number of hydrogen-bond acceptors (Lipinski definition) is 3. The second-order valence-electron chi connectivity index (χ2n) is 3.83. The molecular formula is C12H16N4. The molecule has 0 aliphatic carbocycles. The lowest BCUT2D eigenvalue weighted by molar-refractivity contribution is 0.764. The van der Waals surface area contributed by atoms with E-state index in [2.05, 4.69) is 29.2 Å². The van der Waals surface area contributed by atoms with Crippen LogP contribution in [0.3, 0.4) is 0 Å². The molecule has 84 valence electrons. The van der Waals surface area contributed by atoms with Gasteiger partial charge in [0.25, 0.3) is 0 Å². The van der Waals surface area contributed by atoms with Crippen molar-refractivity contribution < 1.29 is 0 Å². The lowest BCUT2D eigenvalue weighted by Gasteiger charge is -2.09. The molecule has 2 heterocycles. The zero-order valence-corrected chi connectivity index (χ0v) is 9.59. The minimum atomic E-state index is 0.468. The van der Waals surface area contributed by atoms with Crippen LogP contribution in [-0.2, 0) is 0 Å². The van der Waals surface area contributed by atoms with Gasteiger partial charge in [0.05, 0.1) is 23.8 Å². The van der Waals surface area contributed by atoms with Crippen LogP contribution in [-0.4, -0.2) is 20.8 Å². The molecule has 2 aromatic heterocycles. The summed E-state index contributed by atoms with van der Waals surface area (Å²) >= 11 is 0. The lowest BCUT2D eigenvalue weighted by Crippen LogP contribution is -2.12. The van der Waals surface area contributed by atoms with Crippen molar-refractivity contribution >= 4 is 5.69 Å². The van der Waals surface area contributed by atoms with E-state index in [1.54, 1.807) is 12.4 Å². The fraction of sp³-hybridized carbons (Fsp3) is 0.333. The number of hydrogen-bond donors (Lipinski definition) is 1. The Morgan fingerprint density at radius 3 is 2.81 bits per heavy atom. The summed E-state index contributed by atoms with van der Waals surface area (Å²) in [5.74, 6) is 0.